The topological polar surface area (TPSA) is 96.0 Å². The maximum absolute atomic E-state index is 10.4. The van der Waals surface area contributed by atoms with Gasteiger partial charge in [-0.05, 0) is 0 Å². The van der Waals surface area contributed by atoms with Gasteiger partial charge in [-0.2, -0.15) is 4.99 Å². The van der Waals surface area contributed by atoms with Crippen molar-refractivity contribution in [1.82, 2.24) is 0 Å². The molecule has 1 amide bonds. The van der Waals surface area contributed by atoms with E-state index < -0.39 is 12.1 Å². The number of nitrogens with two attached hydrogens (primary N) is 1. The Morgan fingerprint density at radius 3 is 3.00 bits per heavy atom. The van der Waals surface area contributed by atoms with Gasteiger partial charge in [0.1, 0.15) is 6.34 Å². The summed E-state index contributed by atoms with van der Waals surface area (Å²) in [6.07, 6.45) is 0.210. The lowest BCUT2D eigenvalue weighted by Crippen LogP contribution is -2.29. The van der Waals surface area contributed by atoms with E-state index >= 15 is 0 Å². The minimum absolute atomic E-state index is 0.0394. The van der Waals surface area contributed by atoms with Gasteiger partial charge in [0.15, 0.2) is 4.98 Å². The SMILES string of the molecule is N#[N+]C1N=CN=C1C(N)=O. The highest BCUT2D eigenvalue weighted by Gasteiger charge is 2.33. The number of nitrogens with zero attached hydrogens (tertiary/aromatic N) is 4. The van der Waals surface area contributed by atoms with Crippen LogP contribution in [0.25, 0.3) is 4.98 Å². The van der Waals surface area contributed by atoms with Crippen molar-refractivity contribution in [1.29, 1.82) is 5.39 Å². The molecule has 0 aromatic rings. The average Bonchev–Trinajstić information content (AvgIpc) is 2.33. The number of hydrogen-bond acceptors (Lipinski definition) is 4. The van der Waals surface area contributed by atoms with E-state index in [9.17, 15) is 4.79 Å². The van der Waals surface area contributed by atoms with Crippen molar-refractivity contribution in [3.05, 3.63) is 4.98 Å². The van der Waals surface area contributed by atoms with Crippen LogP contribution in [0.1, 0.15) is 0 Å². The lowest BCUT2D eigenvalue weighted by molar-refractivity contribution is -0.112. The molecule has 0 saturated carbocycles. The number of carbonyl (C=O) groups is 1. The molecule has 0 aromatic heterocycles. The van der Waals surface area contributed by atoms with Crippen molar-refractivity contribution in [3.8, 4) is 0 Å². The van der Waals surface area contributed by atoms with Crippen LogP contribution in [-0.4, -0.2) is 24.1 Å². The van der Waals surface area contributed by atoms with Crippen molar-refractivity contribution in [2.75, 3.05) is 0 Å². The first-order chi connectivity index (χ1) is 4.75. The zero-order valence-corrected chi connectivity index (χ0v) is 4.93. The summed E-state index contributed by atoms with van der Waals surface area (Å²) in [6, 6.07) is 0. The van der Waals surface area contributed by atoms with E-state index in [2.05, 4.69) is 15.0 Å². The first kappa shape index (κ1) is 6.35. The van der Waals surface area contributed by atoms with E-state index in [1.807, 2.05) is 0 Å². The van der Waals surface area contributed by atoms with Crippen molar-refractivity contribution in [2.45, 2.75) is 6.17 Å². The van der Waals surface area contributed by atoms with Crippen LogP contribution in [0, 0.1) is 5.39 Å². The molecule has 1 unspecified atom stereocenters. The van der Waals surface area contributed by atoms with Crippen LogP contribution >= 0.6 is 0 Å². The standard InChI is InChI=1S/C4H3N5O/c5-3(10)2-4(9-6)8-1-7-2/h1,4H,(H-,5,10)/p+1. The molecular formula is C4H4N5O+. The predicted molar refractivity (Wildman–Crippen MR) is 34.0 cm³/mol. The monoisotopic (exact) mass is 138 g/mol. The van der Waals surface area contributed by atoms with Crippen molar-refractivity contribution >= 4 is 18.0 Å². The fraction of sp³-hybridized carbons (Fsp3) is 0.250. The van der Waals surface area contributed by atoms with E-state index in [0.717, 1.165) is 6.34 Å². The van der Waals surface area contributed by atoms with E-state index in [-0.39, 0.29) is 5.71 Å². The molecule has 6 heteroatoms. The third kappa shape index (κ3) is 0.842. The van der Waals surface area contributed by atoms with Crippen LogP contribution in [-0.2, 0) is 4.79 Å². The molecule has 1 aliphatic rings. The Bertz CT molecular complexity index is 259. The van der Waals surface area contributed by atoms with Gasteiger partial charge in [-0.15, -0.1) is 0 Å². The minimum Gasteiger partial charge on any atom is -0.364 e. The number of diazo groups is 1. The van der Waals surface area contributed by atoms with Crippen LogP contribution in [0.3, 0.4) is 0 Å². The Kier molecular flexibility index (Phi) is 1.41. The second kappa shape index (κ2) is 2.23. The average molecular weight is 138 g/mol. The fourth-order valence-corrected chi connectivity index (χ4v) is 0.571. The zero-order chi connectivity index (χ0) is 7.56. The Balaban J connectivity index is 2.84. The van der Waals surface area contributed by atoms with Gasteiger partial charge in [0.05, 0.1) is 0 Å². The summed E-state index contributed by atoms with van der Waals surface area (Å²) in [5, 5.41) is 8.21. The van der Waals surface area contributed by atoms with E-state index in [4.69, 9.17) is 11.1 Å². The lowest BCUT2D eigenvalue weighted by Gasteiger charge is -1.84. The molecule has 0 aromatic carbocycles. The molecule has 1 atom stereocenters. The largest absolute Gasteiger partial charge is 0.455 e. The first-order valence-electron chi connectivity index (χ1n) is 2.49. The summed E-state index contributed by atoms with van der Waals surface area (Å²) in [5.41, 5.74) is 4.80. The van der Waals surface area contributed by atoms with Crippen LogP contribution in [0.15, 0.2) is 9.98 Å². The highest BCUT2D eigenvalue weighted by atomic mass is 16.1. The highest BCUT2D eigenvalue weighted by molar-refractivity contribution is 6.42. The number of carbonyl (C=O) groups excluding carboxylic acids is 1. The number of amides is 1. The maximum Gasteiger partial charge on any atom is 0.455 e. The maximum atomic E-state index is 10.4. The van der Waals surface area contributed by atoms with Crippen molar-refractivity contribution in [2.24, 2.45) is 15.7 Å². The van der Waals surface area contributed by atoms with Gasteiger partial charge in [-0.3, -0.25) is 4.79 Å². The summed E-state index contributed by atoms with van der Waals surface area (Å²) >= 11 is 0. The van der Waals surface area contributed by atoms with Gasteiger partial charge in [-0.25, -0.2) is 4.99 Å². The Morgan fingerprint density at radius 2 is 2.60 bits per heavy atom. The molecule has 1 heterocycles. The quantitative estimate of drug-likeness (QED) is 0.477. The van der Waals surface area contributed by atoms with Gasteiger partial charge in [0, 0.05) is 0 Å². The van der Waals surface area contributed by atoms with E-state index in [0.29, 0.717) is 0 Å². The molecule has 0 bridgehead atoms. The Morgan fingerprint density at radius 1 is 1.90 bits per heavy atom. The fourth-order valence-electron chi connectivity index (χ4n) is 0.571. The van der Waals surface area contributed by atoms with Crippen molar-refractivity contribution in [3.63, 3.8) is 0 Å². The van der Waals surface area contributed by atoms with Crippen LogP contribution in [0.2, 0.25) is 0 Å². The van der Waals surface area contributed by atoms with Gasteiger partial charge in [0.2, 0.25) is 11.1 Å². The predicted octanol–water partition coefficient (Wildman–Crippen LogP) is -0.866. The second-order valence-corrected chi connectivity index (χ2v) is 1.63. The van der Waals surface area contributed by atoms with E-state index in [1.165, 1.54) is 0 Å². The number of hydrogen-bond donors (Lipinski definition) is 1. The zero-order valence-electron chi connectivity index (χ0n) is 4.93. The van der Waals surface area contributed by atoms with Crippen molar-refractivity contribution < 1.29 is 4.79 Å². The molecular weight excluding hydrogens is 134 g/mol. The van der Waals surface area contributed by atoms with Gasteiger partial charge < -0.3 is 5.73 Å². The third-order valence-electron chi connectivity index (χ3n) is 1.01. The molecule has 1 rings (SSSR count). The molecule has 0 radical (unpaired) electrons. The molecule has 0 spiro atoms. The first-order valence-corrected chi connectivity index (χ1v) is 2.49. The Hall–Kier alpha value is -1.77. The molecule has 0 fully saturated rings. The molecule has 6 nitrogen and oxygen atoms in total. The summed E-state index contributed by atoms with van der Waals surface area (Å²) in [6.45, 7) is 0. The highest BCUT2D eigenvalue weighted by Crippen LogP contribution is 2.01. The van der Waals surface area contributed by atoms with Crippen LogP contribution in [0.5, 0.6) is 0 Å². The normalized spacial score (nSPS) is 21.9. The number of aliphatic imine (C=N–C) groups is 2. The van der Waals surface area contributed by atoms with Gasteiger partial charge >= 0.3 is 6.17 Å². The van der Waals surface area contributed by atoms with Gasteiger partial charge in [0.25, 0.3) is 5.91 Å². The number of rotatable bonds is 1. The Labute approximate surface area is 56.1 Å². The third-order valence-corrected chi connectivity index (χ3v) is 1.01. The minimum atomic E-state index is -0.919. The molecule has 50 valence electrons. The molecule has 10 heavy (non-hydrogen) atoms. The molecule has 0 aliphatic carbocycles. The summed E-state index contributed by atoms with van der Waals surface area (Å²) in [4.78, 5) is 20.2. The summed E-state index contributed by atoms with van der Waals surface area (Å²) in [7, 11) is 0. The molecule has 1 aliphatic heterocycles. The van der Waals surface area contributed by atoms with E-state index in [1.54, 1.807) is 0 Å². The smallest absolute Gasteiger partial charge is 0.364 e. The lowest BCUT2D eigenvalue weighted by atomic mass is 10.3. The molecule has 2 N–H and O–H groups in total. The number of primary amides is 1. The van der Waals surface area contributed by atoms with Crippen LogP contribution < -0.4 is 5.73 Å². The molecule has 0 saturated heterocycles. The second-order valence-electron chi connectivity index (χ2n) is 1.63. The summed E-state index contributed by atoms with van der Waals surface area (Å²) < 4.78 is 0. The van der Waals surface area contributed by atoms with Crippen LogP contribution in [0.4, 0.5) is 0 Å². The summed E-state index contributed by atoms with van der Waals surface area (Å²) in [5.74, 6) is -0.722. The van der Waals surface area contributed by atoms with Gasteiger partial charge in [-0.1, -0.05) is 0 Å².